The summed E-state index contributed by atoms with van der Waals surface area (Å²) in [5.41, 5.74) is 2.21. The van der Waals surface area contributed by atoms with Crippen LogP contribution in [0.15, 0.2) is 51.7 Å². The molecule has 0 unspecified atom stereocenters. The lowest BCUT2D eigenvalue weighted by Crippen LogP contribution is -2.21. The molecule has 0 bridgehead atoms. The summed E-state index contributed by atoms with van der Waals surface area (Å²) in [5.74, 6) is 0. The predicted octanol–water partition coefficient (Wildman–Crippen LogP) is 4.79. The number of anilines is 1. The summed E-state index contributed by atoms with van der Waals surface area (Å²) >= 11 is 1.39. The molecule has 0 aliphatic heterocycles. The van der Waals surface area contributed by atoms with Crippen molar-refractivity contribution in [2.45, 2.75) is 13.8 Å². The Balaban J connectivity index is 1.97. The molecular formula is C21H17N3O2S. The van der Waals surface area contributed by atoms with Gasteiger partial charge >= 0.3 is 5.63 Å². The van der Waals surface area contributed by atoms with Gasteiger partial charge in [0.15, 0.2) is 0 Å². The minimum atomic E-state index is -0.533. The monoisotopic (exact) mass is 375 g/mol. The van der Waals surface area contributed by atoms with Crippen LogP contribution in [0.4, 0.5) is 5.69 Å². The number of hydrogen-bond donors (Lipinski definition) is 0. The van der Waals surface area contributed by atoms with Crippen molar-refractivity contribution in [3.05, 3.63) is 58.4 Å². The Bertz CT molecular complexity index is 1210. The van der Waals surface area contributed by atoms with Crippen molar-refractivity contribution in [3.63, 3.8) is 0 Å². The summed E-state index contributed by atoms with van der Waals surface area (Å²) in [6, 6.07) is 15.5. The Kier molecular flexibility index (Phi) is 4.38. The van der Waals surface area contributed by atoms with Crippen LogP contribution in [0.25, 0.3) is 31.8 Å². The maximum Gasteiger partial charge on any atom is 0.348 e. The van der Waals surface area contributed by atoms with E-state index in [0.717, 1.165) is 29.0 Å². The average Bonchev–Trinajstić information content (AvgIpc) is 3.11. The minimum Gasteiger partial charge on any atom is -0.422 e. The van der Waals surface area contributed by atoms with Crippen molar-refractivity contribution in [2.24, 2.45) is 0 Å². The summed E-state index contributed by atoms with van der Waals surface area (Å²) in [6.07, 6.45) is 0. The molecule has 2 aromatic heterocycles. The highest BCUT2D eigenvalue weighted by molar-refractivity contribution is 7.21. The number of nitrogens with zero attached hydrogens (tertiary/aromatic N) is 3. The summed E-state index contributed by atoms with van der Waals surface area (Å²) in [4.78, 5) is 19.4. The predicted molar refractivity (Wildman–Crippen MR) is 109 cm³/mol. The number of hydrogen-bond acceptors (Lipinski definition) is 6. The van der Waals surface area contributed by atoms with Gasteiger partial charge in [-0.2, -0.15) is 5.26 Å². The van der Waals surface area contributed by atoms with Gasteiger partial charge in [-0.15, -0.1) is 11.3 Å². The van der Waals surface area contributed by atoms with Gasteiger partial charge < -0.3 is 9.32 Å². The first-order chi connectivity index (χ1) is 13.2. The summed E-state index contributed by atoms with van der Waals surface area (Å²) in [6.45, 7) is 5.84. The van der Waals surface area contributed by atoms with Crippen molar-refractivity contribution >= 4 is 38.2 Å². The van der Waals surface area contributed by atoms with E-state index in [1.54, 1.807) is 0 Å². The molecule has 0 aliphatic carbocycles. The molecule has 2 heterocycles. The molecule has 0 saturated carbocycles. The third-order valence-electron chi connectivity index (χ3n) is 4.64. The number of aromatic nitrogens is 1. The fourth-order valence-corrected chi connectivity index (χ4v) is 4.27. The highest BCUT2D eigenvalue weighted by atomic mass is 32.1. The first kappa shape index (κ1) is 17.3. The molecule has 0 atom stereocenters. The molecular weight excluding hydrogens is 358 g/mol. The molecule has 0 saturated heterocycles. The number of para-hydroxylation sites is 1. The lowest BCUT2D eigenvalue weighted by Gasteiger charge is -2.21. The number of rotatable bonds is 4. The second-order valence-corrected chi connectivity index (χ2v) is 7.12. The molecule has 0 aliphatic rings. The van der Waals surface area contributed by atoms with E-state index in [4.69, 9.17) is 4.42 Å². The third-order valence-corrected chi connectivity index (χ3v) is 5.69. The van der Waals surface area contributed by atoms with Gasteiger partial charge in [0, 0.05) is 30.2 Å². The van der Waals surface area contributed by atoms with Crippen LogP contribution < -0.4 is 10.5 Å². The van der Waals surface area contributed by atoms with Gasteiger partial charge in [0.2, 0.25) is 0 Å². The van der Waals surface area contributed by atoms with Crippen molar-refractivity contribution in [1.82, 2.24) is 4.98 Å². The molecule has 0 spiro atoms. The second-order valence-electron chi connectivity index (χ2n) is 6.09. The molecule has 0 radical (unpaired) electrons. The summed E-state index contributed by atoms with van der Waals surface area (Å²) in [5, 5.41) is 10.9. The number of thiazole rings is 1. The second kappa shape index (κ2) is 6.86. The maximum atomic E-state index is 12.7. The highest BCUT2D eigenvalue weighted by Gasteiger charge is 2.20. The van der Waals surface area contributed by atoms with E-state index in [0.29, 0.717) is 21.5 Å². The largest absolute Gasteiger partial charge is 0.422 e. The van der Waals surface area contributed by atoms with Crippen LogP contribution >= 0.6 is 11.3 Å². The van der Waals surface area contributed by atoms with Gasteiger partial charge in [0.1, 0.15) is 22.2 Å². The van der Waals surface area contributed by atoms with E-state index < -0.39 is 5.63 Å². The zero-order valence-electron chi connectivity index (χ0n) is 15.0. The molecule has 134 valence electrons. The first-order valence-corrected chi connectivity index (χ1v) is 9.59. The Morgan fingerprint density at radius 1 is 1.19 bits per heavy atom. The van der Waals surface area contributed by atoms with Crippen LogP contribution in [0, 0.1) is 11.3 Å². The standard InChI is InChI=1S/C21H17N3O2S/c1-3-24(4-2)13-9-10-14-15(12-22)19(21(25)26-17(14)11-13)20-23-16-7-5-6-8-18(16)27-20/h5-11H,3-4H2,1-2H3. The van der Waals surface area contributed by atoms with Gasteiger partial charge in [-0.1, -0.05) is 12.1 Å². The van der Waals surface area contributed by atoms with Crippen LogP contribution in [-0.4, -0.2) is 18.1 Å². The zero-order chi connectivity index (χ0) is 19.0. The van der Waals surface area contributed by atoms with Gasteiger partial charge in [-0.25, -0.2) is 9.78 Å². The van der Waals surface area contributed by atoms with E-state index in [1.807, 2.05) is 42.5 Å². The Morgan fingerprint density at radius 2 is 1.96 bits per heavy atom. The number of fused-ring (bicyclic) bond motifs is 2. The topological polar surface area (TPSA) is 70.1 Å². The summed E-state index contributed by atoms with van der Waals surface area (Å²) in [7, 11) is 0. The van der Waals surface area contributed by atoms with Crippen molar-refractivity contribution < 1.29 is 4.42 Å². The minimum absolute atomic E-state index is 0.238. The molecule has 4 aromatic rings. The molecule has 27 heavy (non-hydrogen) atoms. The van der Waals surface area contributed by atoms with Crippen LogP contribution in [0.3, 0.4) is 0 Å². The number of nitriles is 1. The number of benzene rings is 2. The molecule has 2 aromatic carbocycles. The fourth-order valence-electron chi connectivity index (χ4n) is 3.26. The van der Waals surface area contributed by atoms with Crippen molar-refractivity contribution in [3.8, 4) is 16.6 Å². The zero-order valence-corrected chi connectivity index (χ0v) is 15.8. The van der Waals surface area contributed by atoms with Gasteiger partial charge in [-0.05, 0) is 38.1 Å². The smallest absolute Gasteiger partial charge is 0.348 e. The lowest BCUT2D eigenvalue weighted by atomic mass is 10.1. The van der Waals surface area contributed by atoms with Crippen LogP contribution in [0.5, 0.6) is 0 Å². The Morgan fingerprint density at radius 3 is 2.67 bits per heavy atom. The van der Waals surface area contributed by atoms with E-state index in [2.05, 4.69) is 29.8 Å². The van der Waals surface area contributed by atoms with Gasteiger partial charge in [0.25, 0.3) is 0 Å². The quantitative estimate of drug-likeness (QED) is 0.480. The maximum absolute atomic E-state index is 12.7. The Labute approximate surface area is 160 Å². The van der Waals surface area contributed by atoms with Gasteiger partial charge in [0.05, 0.1) is 15.8 Å². The molecule has 0 fully saturated rings. The Hall–Kier alpha value is -3.17. The molecule has 5 nitrogen and oxygen atoms in total. The van der Waals surface area contributed by atoms with Crippen molar-refractivity contribution in [2.75, 3.05) is 18.0 Å². The molecule has 4 rings (SSSR count). The van der Waals surface area contributed by atoms with Crippen molar-refractivity contribution in [1.29, 1.82) is 5.26 Å². The highest BCUT2D eigenvalue weighted by Crippen LogP contribution is 2.33. The molecule has 0 amide bonds. The lowest BCUT2D eigenvalue weighted by molar-refractivity contribution is 0.563. The van der Waals surface area contributed by atoms with E-state index in [-0.39, 0.29) is 5.56 Å². The SMILES string of the molecule is CCN(CC)c1ccc2c(C#N)c(-c3nc4ccccc4s3)c(=O)oc2c1. The third kappa shape index (κ3) is 2.86. The van der Waals surface area contributed by atoms with Crippen LogP contribution in [-0.2, 0) is 0 Å². The molecule has 0 N–H and O–H groups in total. The normalized spacial score (nSPS) is 11.0. The first-order valence-electron chi connectivity index (χ1n) is 8.78. The van der Waals surface area contributed by atoms with Gasteiger partial charge in [-0.3, -0.25) is 0 Å². The fraction of sp³-hybridized carbons (Fsp3) is 0.190. The summed E-state index contributed by atoms with van der Waals surface area (Å²) < 4.78 is 6.56. The van der Waals surface area contributed by atoms with Crippen LogP contribution in [0.1, 0.15) is 19.4 Å². The van der Waals surface area contributed by atoms with E-state index in [9.17, 15) is 10.1 Å². The van der Waals surface area contributed by atoms with E-state index >= 15 is 0 Å². The van der Waals surface area contributed by atoms with E-state index in [1.165, 1.54) is 11.3 Å². The average molecular weight is 375 g/mol. The van der Waals surface area contributed by atoms with Crippen LogP contribution in [0.2, 0.25) is 0 Å². The molecule has 6 heteroatoms.